The number of hydrazone groups is 1. The Labute approximate surface area is 178 Å². The van der Waals surface area contributed by atoms with Crippen LogP contribution in [0.5, 0.6) is 5.75 Å². The highest BCUT2D eigenvalue weighted by molar-refractivity contribution is 6.06. The van der Waals surface area contributed by atoms with Gasteiger partial charge >= 0.3 is 0 Å². The van der Waals surface area contributed by atoms with Gasteiger partial charge in [-0.05, 0) is 62.1 Å². The van der Waals surface area contributed by atoms with Crippen LogP contribution in [-0.4, -0.2) is 37.7 Å². The van der Waals surface area contributed by atoms with Gasteiger partial charge in [0.15, 0.2) is 5.78 Å². The van der Waals surface area contributed by atoms with Gasteiger partial charge < -0.3 is 9.64 Å². The molecule has 0 saturated carbocycles. The number of benzene rings is 2. The number of rotatable bonds is 5. The highest BCUT2D eigenvalue weighted by Crippen LogP contribution is 2.45. The lowest BCUT2D eigenvalue weighted by atomic mass is 9.77. The Balaban J connectivity index is 1.80. The van der Waals surface area contributed by atoms with E-state index in [0.29, 0.717) is 0 Å². The van der Waals surface area contributed by atoms with Crippen LogP contribution in [0.15, 0.2) is 59.3 Å². The van der Waals surface area contributed by atoms with Crippen LogP contribution >= 0.6 is 0 Å². The fourth-order valence-electron chi connectivity index (χ4n) is 4.57. The lowest BCUT2D eigenvalue weighted by molar-refractivity contribution is -0.112. The molecule has 4 rings (SSSR count). The van der Waals surface area contributed by atoms with Crippen molar-refractivity contribution in [2.75, 3.05) is 26.1 Å². The second-order valence-corrected chi connectivity index (χ2v) is 8.33. The predicted octanol–water partition coefficient (Wildman–Crippen LogP) is 4.58. The molecule has 0 N–H and O–H groups in total. The van der Waals surface area contributed by atoms with Crippen molar-refractivity contribution >= 4 is 17.2 Å². The van der Waals surface area contributed by atoms with Gasteiger partial charge in [-0.2, -0.15) is 5.10 Å². The number of fused-ring (bicyclic) bond motifs is 3. The van der Waals surface area contributed by atoms with Gasteiger partial charge in [-0.1, -0.05) is 18.2 Å². The van der Waals surface area contributed by atoms with Crippen molar-refractivity contribution in [3.63, 3.8) is 0 Å². The van der Waals surface area contributed by atoms with E-state index in [1.54, 1.807) is 20.1 Å². The molecule has 1 aliphatic heterocycles. The third-order valence-electron chi connectivity index (χ3n) is 6.05. The molecule has 0 radical (unpaired) electrons. The fourth-order valence-corrected chi connectivity index (χ4v) is 4.57. The molecule has 2 atom stereocenters. The highest BCUT2D eigenvalue weighted by atomic mass is 16.5. The molecule has 0 unspecified atom stereocenters. The maximum atomic E-state index is 11.8. The van der Waals surface area contributed by atoms with Gasteiger partial charge in [0.05, 0.1) is 18.9 Å². The number of aryl methyl sites for hydroxylation is 1. The number of carbonyl (C=O) groups excluding carboxylic acids is 1. The molecule has 5 heteroatoms. The summed E-state index contributed by atoms with van der Waals surface area (Å²) in [5.41, 5.74) is 6.82. The van der Waals surface area contributed by atoms with Crippen LogP contribution in [-0.2, 0) is 11.2 Å². The molecule has 2 aromatic rings. The minimum atomic E-state index is 0.0337. The first kappa shape index (κ1) is 20.2. The Kier molecular flexibility index (Phi) is 5.37. The van der Waals surface area contributed by atoms with Crippen LogP contribution in [0.1, 0.15) is 43.0 Å². The SMILES string of the molecule is COc1ccc2c(c1)C1=NN(/C(C)=C/C(C)=O)[C@@H](c3ccc(N(C)C)cc3)[C@H]1CC2. The zero-order valence-electron chi connectivity index (χ0n) is 18.3. The standard InChI is InChI=1S/C25H29N3O2/c1-16(14-17(2)29)28-25(19-6-10-20(11-7-19)27(3)4)22-13-9-18-8-12-21(30-5)15-23(18)24(22)26-28/h6-8,10-12,14-15,22,25H,9,13H2,1-5H3/b16-14+/t22-,25-/m0/s1. The van der Waals surface area contributed by atoms with E-state index in [9.17, 15) is 4.79 Å². The Morgan fingerprint density at radius 2 is 1.90 bits per heavy atom. The molecule has 0 bridgehead atoms. The molecular formula is C25H29N3O2. The average Bonchev–Trinajstić information content (AvgIpc) is 3.13. The Morgan fingerprint density at radius 3 is 2.53 bits per heavy atom. The summed E-state index contributed by atoms with van der Waals surface area (Å²) in [5.74, 6) is 1.15. The van der Waals surface area contributed by atoms with Crippen molar-refractivity contribution in [1.29, 1.82) is 0 Å². The normalized spacial score (nSPS) is 20.4. The van der Waals surface area contributed by atoms with E-state index in [0.717, 1.165) is 30.0 Å². The Hall–Kier alpha value is -3.08. The first-order valence-corrected chi connectivity index (χ1v) is 10.4. The van der Waals surface area contributed by atoms with E-state index in [-0.39, 0.29) is 17.7 Å². The van der Waals surface area contributed by atoms with E-state index in [1.807, 2.05) is 32.1 Å². The van der Waals surface area contributed by atoms with Gasteiger partial charge in [-0.3, -0.25) is 9.80 Å². The van der Waals surface area contributed by atoms with Crippen LogP contribution in [0, 0.1) is 5.92 Å². The van der Waals surface area contributed by atoms with Crippen molar-refractivity contribution in [3.05, 3.63) is 70.9 Å². The predicted molar refractivity (Wildman–Crippen MR) is 121 cm³/mol. The maximum Gasteiger partial charge on any atom is 0.154 e. The van der Waals surface area contributed by atoms with Gasteiger partial charge in [0.25, 0.3) is 0 Å². The number of ether oxygens (including phenoxy) is 1. The molecule has 0 saturated heterocycles. The molecular weight excluding hydrogens is 374 g/mol. The zero-order valence-corrected chi connectivity index (χ0v) is 18.3. The summed E-state index contributed by atoms with van der Waals surface area (Å²) < 4.78 is 5.47. The highest BCUT2D eigenvalue weighted by Gasteiger charge is 2.42. The number of methoxy groups -OCH3 is 1. The van der Waals surface area contributed by atoms with E-state index in [1.165, 1.54) is 22.4 Å². The van der Waals surface area contributed by atoms with E-state index < -0.39 is 0 Å². The molecule has 2 aliphatic rings. The van der Waals surface area contributed by atoms with Crippen LogP contribution in [0.25, 0.3) is 0 Å². The first-order valence-electron chi connectivity index (χ1n) is 10.4. The summed E-state index contributed by atoms with van der Waals surface area (Å²) in [6.45, 7) is 3.55. The quantitative estimate of drug-likeness (QED) is 0.686. The number of allylic oxidation sites excluding steroid dienone is 2. The van der Waals surface area contributed by atoms with Gasteiger partial charge in [-0.25, -0.2) is 0 Å². The van der Waals surface area contributed by atoms with Crippen molar-refractivity contribution in [3.8, 4) is 5.75 Å². The summed E-state index contributed by atoms with van der Waals surface area (Å²) in [5, 5.41) is 7.10. The number of anilines is 1. The van der Waals surface area contributed by atoms with Crippen LogP contribution in [0.3, 0.4) is 0 Å². The molecule has 0 spiro atoms. The molecule has 30 heavy (non-hydrogen) atoms. The number of nitrogens with zero attached hydrogens (tertiary/aromatic N) is 3. The zero-order chi connectivity index (χ0) is 21.4. The number of carbonyl (C=O) groups is 1. The van der Waals surface area contributed by atoms with Crippen molar-refractivity contribution in [2.24, 2.45) is 11.0 Å². The summed E-state index contributed by atoms with van der Waals surface area (Å²) in [7, 11) is 5.78. The Morgan fingerprint density at radius 1 is 1.17 bits per heavy atom. The van der Waals surface area contributed by atoms with E-state index in [2.05, 4.69) is 41.3 Å². The second kappa shape index (κ2) is 7.98. The van der Waals surface area contributed by atoms with Crippen molar-refractivity contribution < 1.29 is 9.53 Å². The molecule has 156 valence electrons. The lowest BCUT2D eigenvalue weighted by Gasteiger charge is -2.31. The Bertz CT molecular complexity index is 1020. The third kappa shape index (κ3) is 3.60. The lowest BCUT2D eigenvalue weighted by Crippen LogP contribution is -2.28. The van der Waals surface area contributed by atoms with Crippen molar-refractivity contribution in [2.45, 2.75) is 32.7 Å². The molecule has 1 aliphatic carbocycles. The molecule has 2 aromatic carbocycles. The summed E-state index contributed by atoms with van der Waals surface area (Å²) in [4.78, 5) is 13.9. The van der Waals surface area contributed by atoms with Crippen molar-refractivity contribution in [1.82, 2.24) is 5.01 Å². The average molecular weight is 404 g/mol. The summed E-state index contributed by atoms with van der Waals surface area (Å²) in [6, 6.07) is 15.0. The first-order chi connectivity index (χ1) is 14.4. The summed E-state index contributed by atoms with van der Waals surface area (Å²) >= 11 is 0. The maximum absolute atomic E-state index is 11.8. The number of hydrogen-bond donors (Lipinski definition) is 0. The third-order valence-corrected chi connectivity index (χ3v) is 6.05. The molecule has 5 nitrogen and oxygen atoms in total. The van der Waals surface area contributed by atoms with Gasteiger partial charge in [-0.15, -0.1) is 0 Å². The largest absolute Gasteiger partial charge is 0.497 e. The smallest absolute Gasteiger partial charge is 0.154 e. The van der Waals surface area contributed by atoms with Gasteiger partial charge in [0.2, 0.25) is 0 Å². The van der Waals surface area contributed by atoms with Crippen LogP contribution in [0.2, 0.25) is 0 Å². The molecule has 0 fully saturated rings. The number of hydrogen-bond acceptors (Lipinski definition) is 5. The molecule has 0 aromatic heterocycles. The fraction of sp³-hybridized carbons (Fsp3) is 0.360. The second-order valence-electron chi connectivity index (χ2n) is 8.33. The molecule has 1 heterocycles. The van der Waals surface area contributed by atoms with Gasteiger partial charge in [0.1, 0.15) is 5.75 Å². The van der Waals surface area contributed by atoms with Crippen LogP contribution < -0.4 is 9.64 Å². The topological polar surface area (TPSA) is 45.1 Å². The van der Waals surface area contributed by atoms with E-state index >= 15 is 0 Å². The summed E-state index contributed by atoms with van der Waals surface area (Å²) in [6.07, 6.45) is 3.72. The van der Waals surface area contributed by atoms with Gasteiger partial charge in [0, 0.05) is 43.0 Å². The minimum Gasteiger partial charge on any atom is -0.497 e. The number of ketones is 1. The van der Waals surface area contributed by atoms with E-state index in [4.69, 9.17) is 9.84 Å². The van der Waals surface area contributed by atoms with Crippen LogP contribution in [0.4, 0.5) is 5.69 Å². The monoisotopic (exact) mass is 403 g/mol. The molecule has 0 amide bonds. The minimum absolute atomic E-state index is 0.0337.